The molecule has 1 saturated heterocycles. The number of piperazine rings is 1. The Kier molecular flexibility index (Phi) is 5.74. The lowest BCUT2D eigenvalue weighted by atomic mass is 9.85. The molecule has 28 heavy (non-hydrogen) atoms. The molecule has 0 aromatic heterocycles. The van der Waals surface area contributed by atoms with Crippen molar-refractivity contribution in [1.82, 2.24) is 9.80 Å². The number of nitrogens with zero attached hydrogens (tertiary/aromatic N) is 2. The van der Waals surface area contributed by atoms with Gasteiger partial charge in [-0.05, 0) is 63.6 Å². The van der Waals surface area contributed by atoms with Crippen LogP contribution in [0.15, 0.2) is 23.8 Å². The fourth-order valence-electron chi connectivity index (χ4n) is 4.61. The number of phenols is 1. The van der Waals surface area contributed by atoms with E-state index in [1.54, 1.807) is 6.07 Å². The van der Waals surface area contributed by atoms with Crippen molar-refractivity contribution in [2.75, 3.05) is 32.7 Å². The summed E-state index contributed by atoms with van der Waals surface area (Å²) in [5.74, 6) is 0.633. The number of ether oxygens (including phenoxy) is 1. The number of hydrogen-bond donors (Lipinski definition) is 1. The molecule has 0 amide bonds. The number of carbonyl (C=O) groups is 1. The Balaban J connectivity index is 1.43. The summed E-state index contributed by atoms with van der Waals surface area (Å²) in [6.07, 6.45) is 8.04. The van der Waals surface area contributed by atoms with Crippen LogP contribution in [0.25, 0.3) is 0 Å². The van der Waals surface area contributed by atoms with Crippen molar-refractivity contribution >= 4 is 5.97 Å². The molecule has 1 aliphatic heterocycles. The molecule has 0 bridgehead atoms. The zero-order chi connectivity index (χ0) is 19.7. The molecule has 4 rings (SSSR count). The molecule has 2 fully saturated rings. The van der Waals surface area contributed by atoms with Crippen molar-refractivity contribution in [3.63, 3.8) is 0 Å². The Morgan fingerprint density at radius 1 is 1.14 bits per heavy atom. The average Bonchev–Trinajstić information content (AvgIpc) is 3.47. The number of aromatic hydroxyl groups is 1. The van der Waals surface area contributed by atoms with Crippen LogP contribution in [-0.2, 0) is 4.79 Å². The van der Waals surface area contributed by atoms with Crippen molar-refractivity contribution in [3.8, 4) is 11.5 Å². The first-order valence-electron chi connectivity index (χ1n) is 10.7. The van der Waals surface area contributed by atoms with Crippen LogP contribution in [0.3, 0.4) is 0 Å². The fraction of sp³-hybridized carbons (Fsp3) is 0.609. The lowest BCUT2D eigenvalue weighted by molar-refractivity contribution is -0.136. The summed E-state index contributed by atoms with van der Waals surface area (Å²) in [6.45, 7) is 8.28. The Morgan fingerprint density at radius 3 is 2.57 bits per heavy atom. The molecule has 1 heterocycles. The highest BCUT2D eigenvalue weighted by atomic mass is 16.5. The third-order valence-electron chi connectivity index (χ3n) is 6.25. The van der Waals surface area contributed by atoms with E-state index in [1.807, 2.05) is 13.0 Å². The molecule has 1 unspecified atom stereocenters. The SMILES string of the molecule is CC1=CC(c2c(O)cc(C)cc2OC(=O)CN2CCN(C3CC3)CC2)CCC1. The first-order chi connectivity index (χ1) is 13.5. The Bertz CT molecular complexity index is 761. The summed E-state index contributed by atoms with van der Waals surface area (Å²) in [4.78, 5) is 17.4. The lowest BCUT2D eigenvalue weighted by Crippen LogP contribution is -2.49. The Labute approximate surface area is 168 Å². The molecule has 0 radical (unpaired) electrons. The van der Waals surface area contributed by atoms with Gasteiger partial charge in [0.05, 0.1) is 6.54 Å². The highest BCUT2D eigenvalue weighted by molar-refractivity contribution is 5.75. The highest BCUT2D eigenvalue weighted by Crippen LogP contribution is 2.42. The number of esters is 1. The first kappa shape index (κ1) is 19.5. The summed E-state index contributed by atoms with van der Waals surface area (Å²) in [5.41, 5.74) is 3.00. The molecule has 5 heteroatoms. The van der Waals surface area contributed by atoms with Gasteiger partial charge in [0.25, 0.3) is 0 Å². The Morgan fingerprint density at radius 2 is 1.89 bits per heavy atom. The van der Waals surface area contributed by atoms with Crippen LogP contribution in [0.1, 0.15) is 56.1 Å². The van der Waals surface area contributed by atoms with Gasteiger partial charge in [0.2, 0.25) is 0 Å². The largest absolute Gasteiger partial charge is 0.507 e. The zero-order valence-electron chi connectivity index (χ0n) is 17.1. The summed E-state index contributed by atoms with van der Waals surface area (Å²) in [5, 5.41) is 10.6. The second-order valence-corrected chi connectivity index (χ2v) is 8.72. The number of carbonyl (C=O) groups excluding carboxylic acids is 1. The van der Waals surface area contributed by atoms with Crippen molar-refractivity contribution in [1.29, 1.82) is 0 Å². The van der Waals surface area contributed by atoms with Gasteiger partial charge in [-0.1, -0.05) is 11.6 Å². The van der Waals surface area contributed by atoms with Crippen LogP contribution in [0.2, 0.25) is 0 Å². The monoisotopic (exact) mass is 384 g/mol. The number of rotatable bonds is 5. The molecule has 1 atom stereocenters. The van der Waals surface area contributed by atoms with Crippen molar-refractivity contribution in [2.24, 2.45) is 0 Å². The standard InChI is InChI=1S/C23H32N2O3/c1-16-4-3-5-18(12-16)23-20(26)13-17(2)14-21(23)28-22(27)15-24-8-10-25(11-9-24)19-6-7-19/h12-14,18-19,26H,3-11,15H2,1-2H3. The summed E-state index contributed by atoms with van der Waals surface area (Å²) in [6, 6.07) is 4.44. The minimum Gasteiger partial charge on any atom is -0.507 e. The second kappa shape index (κ2) is 8.26. The maximum Gasteiger partial charge on any atom is 0.325 e. The third-order valence-corrected chi connectivity index (χ3v) is 6.25. The van der Waals surface area contributed by atoms with Crippen LogP contribution < -0.4 is 4.74 Å². The predicted octanol–water partition coefficient (Wildman–Crippen LogP) is 3.60. The zero-order valence-corrected chi connectivity index (χ0v) is 17.1. The maximum atomic E-state index is 12.7. The van der Waals surface area contributed by atoms with E-state index in [1.165, 1.54) is 18.4 Å². The summed E-state index contributed by atoms with van der Waals surface area (Å²) < 4.78 is 5.80. The van der Waals surface area contributed by atoms with Gasteiger partial charge in [-0.25, -0.2) is 0 Å². The molecule has 2 aliphatic carbocycles. The predicted molar refractivity (Wildman–Crippen MR) is 110 cm³/mol. The summed E-state index contributed by atoms with van der Waals surface area (Å²) >= 11 is 0. The molecular formula is C23H32N2O3. The van der Waals surface area contributed by atoms with E-state index in [0.717, 1.165) is 62.6 Å². The van der Waals surface area contributed by atoms with Crippen LogP contribution >= 0.6 is 0 Å². The van der Waals surface area contributed by atoms with Gasteiger partial charge >= 0.3 is 5.97 Å². The number of hydrogen-bond acceptors (Lipinski definition) is 5. The van der Waals surface area contributed by atoms with Crippen LogP contribution in [-0.4, -0.2) is 59.6 Å². The van der Waals surface area contributed by atoms with Gasteiger partial charge < -0.3 is 9.84 Å². The van der Waals surface area contributed by atoms with E-state index in [9.17, 15) is 9.90 Å². The molecule has 152 valence electrons. The van der Waals surface area contributed by atoms with Crippen LogP contribution in [0.4, 0.5) is 0 Å². The number of aryl methyl sites for hydroxylation is 1. The molecule has 5 nitrogen and oxygen atoms in total. The van der Waals surface area contributed by atoms with Crippen molar-refractivity contribution < 1.29 is 14.6 Å². The average molecular weight is 385 g/mol. The molecular weight excluding hydrogens is 352 g/mol. The molecule has 1 saturated carbocycles. The van der Waals surface area contributed by atoms with E-state index in [0.29, 0.717) is 12.3 Å². The van der Waals surface area contributed by atoms with Gasteiger partial charge in [-0.3, -0.25) is 14.6 Å². The quantitative estimate of drug-likeness (QED) is 0.478. The first-order valence-corrected chi connectivity index (χ1v) is 10.7. The van der Waals surface area contributed by atoms with E-state index in [4.69, 9.17) is 4.74 Å². The molecule has 0 spiro atoms. The van der Waals surface area contributed by atoms with E-state index in [-0.39, 0.29) is 17.6 Å². The smallest absolute Gasteiger partial charge is 0.325 e. The topological polar surface area (TPSA) is 53.0 Å². The number of allylic oxidation sites excluding steroid dienone is 2. The molecule has 1 N–H and O–H groups in total. The van der Waals surface area contributed by atoms with Gasteiger partial charge in [0, 0.05) is 43.7 Å². The van der Waals surface area contributed by atoms with Gasteiger partial charge in [0.15, 0.2) is 0 Å². The van der Waals surface area contributed by atoms with Crippen molar-refractivity contribution in [3.05, 3.63) is 34.9 Å². The number of phenolic OH excluding ortho intramolecular Hbond substituents is 1. The van der Waals surface area contributed by atoms with Crippen LogP contribution in [0, 0.1) is 6.92 Å². The Hall–Kier alpha value is -1.85. The van der Waals surface area contributed by atoms with Gasteiger partial charge in [-0.2, -0.15) is 0 Å². The maximum absolute atomic E-state index is 12.7. The molecule has 1 aromatic rings. The second-order valence-electron chi connectivity index (χ2n) is 8.72. The fourth-order valence-corrected chi connectivity index (χ4v) is 4.61. The van der Waals surface area contributed by atoms with E-state index < -0.39 is 0 Å². The van der Waals surface area contributed by atoms with E-state index in [2.05, 4.69) is 22.8 Å². The normalized spacial score (nSPS) is 24.1. The van der Waals surface area contributed by atoms with Gasteiger partial charge in [0.1, 0.15) is 11.5 Å². The highest BCUT2D eigenvalue weighted by Gasteiger charge is 2.32. The molecule has 3 aliphatic rings. The van der Waals surface area contributed by atoms with Crippen LogP contribution in [0.5, 0.6) is 11.5 Å². The lowest BCUT2D eigenvalue weighted by Gasteiger charge is -2.34. The number of benzene rings is 1. The third kappa shape index (κ3) is 4.58. The minimum atomic E-state index is -0.234. The minimum absolute atomic E-state index is 0.110. The molecule has 1 aromatic carbocycles. The van der Waals surface area contributed by atoms with Crippen molar-refractivity contribution in [2.45, 2.75) is 57.9 Å². The van der Waals surface area contributed by atoms with E-state index >= 15 is 0 Å². The van der Waals surface area contributed by atoms with Gasteiger partial charge in [-0.15, -0.1) is 0 Å². The summed E-state index contributed by atoms with van der Waals surface area (Å²) in [7, 11) is 0.